The predicted octanol–water partition coefficient (Wildman–Crippen LogP) is 3.14. The van der Waals surface area contributed by atoms with Gasteiger partial charge in [0.1, 0.15) is 6.54 Å². The summed E-state index contributed by atoms with van der Waals surface area (Å²) in [7, 11) is 3.14. The van der Waals surface area contributed by atoms with Gasteiger partial charge in [-0.05, 0) is 37.6 Å². The van der Waals surface area contributed by atoms with Gasteiger partial charge in [0.25, 0.3) is 5.91 Å². The number of nitrogens with one attached hydrogen (secondary N) is 1. The molecule has 0 saturated carbocycles. The number of ether oxygens (including phenoxy) is 2. The highest BCUT2D eigenvalue weighted by molar-refractivity contribution is 6.24. The molecule has 6 nitrogen and oxygen atoms in total. The van der Waals surface area contributed by atoms with Gasteiger partial charge in [-0.2, -0.15) is 0 Å². The number of benzene rings is 2. The fourth-order valence-electron chi connectivity index (χ4n) is 2.80. The average molecular weight is 339 g/mol. The van der Waals surface area contributed by atoms with Crippen molar-refractivity contribution in [2.75, 3.05) is 31.0 Å². The number of carbonyl (C=O) groups excluding carboxylic acids is 1. The van der Waals surface area contributed by atoms with E-state index in [1.807, 2.05) is 32.0 Å². The molecular weight excluding hydrogens is 318 g/mol. The molecule has 1 heterocycles. The van der Waals surface area contributed by atoms with Crippen molar-refractivity contribution in [3.63, 3.8) is 0 Å². The Kier molecular flexibility index (Phi) is 4.61. The second-order valence-electron chi connectivity index (χ2n) is 5.85. The van der Waals surface area contributed by atoms with Gasteiger partial charge in [0, 0.05) is 11.8 Å². The number of methoxy groups -OCH3 is 2. The number of nitrogens with zero attached hydrogens (tertiary/aromatic N) is 2. The second-order valence-corrected chi connectivity index (χ2v) is 5.85. The highest BCUT2D eigenvalue weighted by Gasteiger charge is 2.28. The summed E-state index contributed by atoms with van der Waals surface area (Å²) in [5.41, 5.74) is 3.87. The lowest BCUT2D eigenvalue weighted by molar-refractivity contribution is -0.115. The van der Waals surface area contributed by atoms with Crippen LogP contribution in [0.3, 0.4) is 0 Å². The van der Waals surface area contributed by atoms with Crippen molar-refractivity contribution in [2.24, 2.45) is 4.99 Å². The van der Waals surface area contributed by atoms with Crippen molar-refractivity contribution >= 4 is 23.2 Å². The van der Waals surface area contributed by atoms with Crippen molar-refractivity contribution in [1.29, 1.82) is 0 Å². The van der Waals surface area contributed by atoms with Crippen molar-refractivity contribution in [2.45, 2.75) is 13.8 Å². The third kappa shape index (κ3) is 3.28. The molecule has 1 aliphatic rings. The van der Waals surface area contributed by atoms with Crippen LogP contribution < -0.4 is 19.7 Å². The summed E-state index contributed by atoms with van der Waals surface area (Å²) in [5.74, 6) is 1.58. The molecule has 1 N–H and O–H groups in total. The summed E-state index contributed by atoms with van der Waals surface area (Å²) in [5, 5.41) is 3.26. The first-order chi connectivity index (χ1) is 12.0. The largest absolute Gasteiger partial charge is 0.493 e. The van der Waals surface area contributed by atoms with Crippen LogP contribution in [0.4, 0.5) is 11.4 Å². The number of amides is 1. The molecule has 0 bridgehead atoms. The van der Waals surface area contributed by atoms with Crippen LogP contribution >= 0.6 is 0 Å². The van der Waals surface area contributed by atoms with Crippen LogP contribution in [0.5, 0.6) is 11.5 Å². The number of hydrogen-bond acceptors (Lipinski definition) is 5. The highest BCUT2D eigenvalue weighted by Crippen LogP contribution is 2.32. The molecule has 0 aromatic heterocycles. The van der Waals surface area contributed by atoms with Gasteiger partial charge in [-0.25, -0.2) is 9.89 Å². The van der Waals surface area contributed by atoms with E-state index < -0.39 is 0 Å². The number of anilines is 2. The van der Waals surface area contributed by atoms with Gasteiger partial charge in [-0.3, -0.25) is 4.79 Å². The minimum Gasteiger partial charge on any atom is -0.493 e. The summed E-state index contributed by atoms with van der Waals surface area (Å²) in [6, 6.07) is 11.4. The Bertz CT molecular complexity index is 846. The van der Waals surface area contributed by atoms with Gasteiger partial charge in [-0.1, -0.05) is 17.7 Å². The lowest BCUT2D eigenvalue weighted by Gasteiger charge is -2.21. The minimum atomic E-state index is -0.0977. The van der Waals surface area contributed by atoms with Gasteiger partial charge in [0.2, 0.25) is 5.96 Å². The lowest BCUT2D eigenvalue weighted by atomic mass is 10.1. The van der Waals surface area contributed by atoms with E-state index in [4.69, 9.17) is 9.47 Å². The Morgan fingerprint density at radius 1 is 1.04 bits per heavy atom. The van der Waals surface area contributed by atoms with Crippen LogP contribution in [0.1, 0.15) is 11.1 Å². The summed E-state index contributed by atoms with van der Waals surface area (Å²) < 4.78 is 10.6. The smallest absolute Gasteiger partial charge is 0.255 e. The van der Waals surface area contributed by atoms with Crippen LogP contribution in [0.2, 0.25) is 0 Å². The third-order valence-electron chi connectivity index (χ3n) is 4.08. The monoisotopic (exact) mass is 339 g/mol. The molecule has 1 aliphatic heterocycles. The molecule has 130 valence electrons. The number of hydrogen-bond donors (Lipinski definition) is 1. The summed E-state index contributed by atoms with van der Waals surface area (Å²) >= 11 is 0. The third-order valence-corrected chi connectivity index (χ3v) is 4.08. The van der Waals surface area contributed by atoms with Crippen molar-refractivity contribution < 1.29 is 14.3 Å². The Labute approximate surface area is 147 Å². The Morgan fingerprint density at radius 2 is 1.80 bits per heavy atom. The number of carbonyl (C=O) groups is 1. The summed E-state index contributed by atoms with van der Waals surface area (Å²) in [6.07, 6.45) is 0. The van der Waals surface area contributed by atoms with Crippen molar-refractivity contribution in [1.82, 2.24) is 0 Å². The average Bonchev–Trinajstić information content (AvgIpc) is 2.97. The van der Waals surface area contributed by atoms with Crippen molar-refractivity contribution in [3.8, 4) is 11.5 Å². The molecule has 25 heavy (non-hydrogen) atoms. The first-order valence-corrected chi connectivity index (χ1v) is 7.97. The Morgan fingerprint density at radius 3 is 2.48 bits per heavy atom. The van der Waals surface area contributed by atoms with E-state index in [1.165, 1.54) is 5.56 Å². The first kappa shape index (κ1) is 16.8. The van der Waals surface area contributed by atoms with Crippen molar-refractivity contribution in [3.05, 3.63) is 47.5 Å². The molecule has 2 aromatic rings. The Hall–Kier alpha value is -3.02. The maximum absolute atomic E-state index is 12.4. The van der Waals surface area contributed by atoms with E-state index in [0.717, 1.165) is 11.3 Å². The minimum absolute atomic E-state index is 0.0977. The number of guanidine groups is 1. The zero-order valence-corrected chi connectivity index (χ0v) is 14.8. The van der Waals surface area contributed by atoms with Crippen LogP contribution in [-0.2, 0) is 4.79 Å². The van der Waals surface area contributed by atoms with Gasteiger partial charge >= 0.3 is 0 Å². The summed E-state index contributed by atoms with van der Waals surface area (Å²) in [4.78, 5) is 18.3. The fourth-order valence-corrected chi connectivity index (χ4v) is 2.80. The van der Waals surface area contributed by atoms with Crippen LogP contribution in [0.15, 0.2) is 41.4 Å². The zero-order chi connectivity index (χ0) is 18.0. The molecule has 0 atom stereocenters. The van der Waals surface area contributed by atoms with E-state index in [-0.39, 0.29) is 12.5 Å². The molecule has 6 heteroatoms. The van der Waals surface area contributed by atoms with E-state index in [0.29, 0.717) is 23.1 Å². The number of rotatable bonds is 4. The quantitative estimate of drug-likeness (QED) is 0.929. The predicted molar refractivity (Wildman–Crippen MR) is 98.9 cm³/mol. The molecule has 0 spiro atoms. The molecule has 0 radical (unpaired) electrons. The van der Waals surface area contributed by atoms with Crippen LogP contribution in [0, 0.1) is 13.8 Å². The number of aryl methyl sites for hydroxylation is 2. The highest BCUT2D eigenvalue weighted by atomic mass is 16.5. The van der Waals surface area contributed by atoms with E-state index >= 15 is 0 Å². The standard InChI is InChI=1S/C19H21N3O3/c1-12-5-7-15(13(2)9-12)21-19-20-11-18(23)22(19)14-6-8-16(24-3)17(10-14)25-4/h5-10H,11H2,1-4H3,(H,20,21). The molecular formula is C19H21N3O3. The van der Waals surface area contributed by atoms with Crippen LogP contribution in [-0.4, -0.2) is 32.6 Å². The van der Waals surface area contributed by atoms with Gasteiger partial charge in [0.05, 0.1) is 19.9 Å². The summed E-state index contributed by atoms with van der Waals surface area (Å²) in [6.45, 7) is 4.18. The molecule has 3 rings (SSSR count). The van der Waals surface area contributed by atoms with Crippen LogP contribution in [0.25, 0.3) is 0 Å². The fraction of sp³-hybridized carbons (Fsp3) is 0.263. The van der Waals surface area contributed by atoms with E-state index in [1.54, 1.807) is 31.3 Å². The van der Waals surface area contributed by atoms with Gasteiger partial charge in [0.15, 0.2) is 11.5 Å². The molecule has 0 saturated heterocycles. The maximum Gasteiger partial charge on any atom is 0.255 e. The van der Waals surface area contributed by atoms with E-state index in [9.17, 15) is 4.79 Å². The molecule has 1 amide bonds. The second kappa shape index (κ2) is 6.84. The first-order valence-electron chi connectivity index (χ1n) is 7.97. The molecule has 2 aromatic carbocycles. The lowest BCUT2D eigenvalue weighted by Crippen LogP contribution is -2.37. The normalized spacial score (nSPS) is 13.7. The molecule has 0 fully saturated rings. The molecule has 0 unspecified atom stereocenters. The maximum atomic E-state index is 12.4. The SMILES string of the molecule is COc1ccc(N2C(=O)CN=C2Nc2ccc(C)cc2C)cc1OC. The van der Waals surface area contributed by atoms with Gasteiger partial charge < -0.3 is 14.8 Å². The number of aliphatic imine (C=N–C) groups is 1. The molecule has 0 aliphatic carbocycles. The Balaban J connectivity index is 1.92. The van der Waals surface area contributed by atoms with Gasteiger partial charge in [-0.15, -0.1) is 0 Å². The zero-order valence-electron chi connectivity index (χ0n) is 14.8. The topological polar surface area (TPSA) is 63.2 Å². The van der Waals surface area contributed by atoms with E-state index in [2.05, 4.69) is 16.4 Å².